The zero-order valence-electron chi connectivity index (χ0n) is 6.90. The molecule has 1 fully saturated rings. The topological polar surface area (TPSA) is 30.2 Å². The van der Waals surface area contributed by atoms with Crippen molar-refractivity contribution < 1.29 is 9.21 Å². The molecule has 2 nitrogen and oxygen atoms in total. The van der Waals surface area contributed by atoms with Gasteiger partial charge in [-0.15, -0.1) is 0 Å². The maximum atomic E-state index is 10.7. The van der Waals surface area contributed by atoms with E-state index in [0.717, 1.165) is 18.5 Å². The quantitative estimate of drug-likeness (QED) is 0.637. The van der Waals surface area contributed by atoms with E-state index >= 15 is 0 Å². The van der Waals surface area contributed by atoms with Gasteiger partial charge in [0.05, 0.1) is 6.26 Å². The fourth-order valence-corrected chi connectivity index (χ4v) is 1.51. The molecule has 0 radical (unpaired) electrons. The fraction of sp³-hybridized carbons (Fsp3) is 0.500. The van der Waals surface area contributed by atoms with E-state index in [-0.39, 0.29) is 5.92 Å². The van der Waals surface area contributed by atoms with Crippen molar-refractivity contribution in [3.8, 4) is 0 Å². The van der Waals surface area contributed by atoms with Crippen LogP contribution >= 0.6 is 0 Å². The number of carbonyl (C=O) groups excluding carboxylic acids is 1. The molecule has 0 amide bonds. The highest BCUT2D eigenvalue weighted by Gasteiger charge is 2.31. The van der Waals surface area contributed by atoms with Gasteiger partial charge in [-0.1, -0.05) is 0 Å². The van der Waals surface area contributed by atoms with Crippen LogP contribution in [0.25, 0.3) is 0 Å². The Bertz CT molecular complexity index is 247. The van der Waals surface area contributed by atoms with Crippen molar-refractivity contribution >= 4 is 6.29 Å². The molecule has 2 heteroatoms. The molecule has 12 heavy (non-hydrogen) atoms. The summed E-state index contributed by atoms with van der Waals surface area (Å²) in [6, 6.07) is 3.79. The molecule has 0 aliphatic heterocycles. The Morgan fingerprint density at radius 1 is 1.67 bits per heavy atom. The van der Waals surface area contributed by atoms with Gasteiger partial charge in [0.1, 0.15) is 12.0 Å². The maximum Gasteiger partial charge on any atom is 0.123 e. The Hall–Kier alpha value is -1.05. The van der Waals surface area contributed by atoms with Crippen molar-refractivity contribution in [3.05, 3.63) is 24.2 Å². The van der Waals surface area contributed by atoms with Gasteiger partial charge in [-0.2, -0.15) is 0 Å². The van der Waals surface area contributed by atoms with Gasteiger partial charge in [-0.05, 0) is 30.9 Å². The second-order valence-corrected chi connectivity index (χ2v) is 3.42. The molecule has 1 unspecified atom stereocenters. The molecule has 0 aromatic carbocycles. The summed E-state index contributed by atoms with van der Waals surface area (Å²) < 4.78 is 5.18. The van der Waals surface area contributed by atoms with E-state index in [2.05, 4.69) is 0 Å². The molecule has 0 saturated heterocycles. The lowest BCUT2D eigenvalue weighted by Crippen LogP contribution is -2.07. The van der Waals surface area contributed by atoms with Crippen LogP contribution in [-0.4, -0.2) is 6.29 Å². The molecule has 2 rings (SSSR count). The maximum absolute atomic E-state index is 10.7. The smallest absolute Gasteiger partial charge is 0.123 e. The van der Waals surface area contributed by atoms with Gasteiger partial charge >= 0.3 is 0 Å². The second kappa shape index (κ2) is 3.13. The van der Waals surface area contributed by atoms with E-state index in [4.69, 9.17) is 4.42 Å². The third kappa shape index (κ3) is 1.58. The molecule has 0 spiro atoms. The number of furan rings is 1. The van der Waals surface area contributed by atoms with Crippen LogP contribution in [0.3, 0.4) is 0 Å². The van der Waals surface area contributed by atoms with Gasteiger partial charge < -0.3 is 9.21 Å². The number of rotatable bonds is 4. The summed E-state index contributed by atoms with van der Waals surface area (Å²) >= 11 is 0. The molecule has 1 heterocycles. The van der Waals surface area contributed by atoms with E-state index in [1.165, 1.54) is 12.8 Å². The first kappa shape index (κ1) is 7.59. The van der Waals surface area contributed by atoms with E-state index in [1.807, 2.05) is 12.1 Å². The van der Waals surface area contributed by atoms with Crippen molar-refractivity contribution in [1.29, 1.82) is 0 Å². The lowest BCUT2D eigenvalue weighted by atomic mass is 10.0. The normalized spacial score (nSPS) is 19.0. The van der Waals surface area contributed by atoms with Crippen LogP contribution in [-0.2, 0) is 11.2 Å². The first-order valence-electron chi connectivity index (χ1n) is 4.38. The Morgan fingerprint density at radius 2 is 2.50 bits per heavy atom. The van der Waals surface area contributed by atoms with Crippen molar-refractivity contribution in [2.75, 3.05) is 0 Å². The molecule has 64 valence electrons. The standard InChI is InChI=1S/C10H12O2/c11-7-9(8-3-4-8)6-10-2-1-5-12-10/h1-2,5,7-9H,3-4,6H2. The summed E-state index contributed by atoms with van der Waals surface area (Å²) in [5.74, 6) is 1.75. The Labute approximate surface area is 71.6 Å². The van der Waals surface area contributed by atoms with Crippen LogP contribution in [0.5, 0.6) is 0 Å². The van der Waals surface area contributed by atoms with Crippen molar-refractivity contribution in [1.82, 2.24) is 0 Å². The largest absolute Gasteiger partial charge is 0.469 e. The summed E-state index contributed by atoms with van der Waals surface area (Å²) in [4.78, 5) is 10.7. The van der Waals surface area contributed by atoms with Crippen LogP contribution < -0.4 is 0 Å². The molecule has 1 aromatic rings. The van der Waals surface area contributed by atoms with E-state index in [9.17, 15) is 4.79 Å². The lowest BCUT2D eigenvalue weighted by molar-refractivity contribution is -0.111. The number of carbonyl (C=O) groups is 1. The minimum Gasteiger partial charge on any atom is -0.469 e. The number of hydrogen-bond donors (Lipinski definition) is 0. The summed E-state index contributed by atoms with van der Waals surface area (Å²) in [6.07, 6.45) is 5.93. The van der Waals surface area contributed by atoms with Crippen molar-refractivity contribution in [2.24, 2.45) is 11.8 Å². The van der Waals surface area contributed by atoms with Gasteiger partial charge in [0.15, 0.2) is 0 Å². The molecule has 1 aliphatic carbocycles. The van der Waals surface area contributed by atoms with Crippen LogP contribution in [0.1, 0.15) is 18.6 Å². The zero-order chi connectivity index (χ0) is 8.39. The first-order valence-corrected chi connectivity index (χ1v) is 4.38. The Kier molecular flexibility index (Phi) is 1.98. The predicted octanol–water partition coefficient (Wildman–Crippen LogP) is 2.05. The third-order valence-corrected chi connectivity index (χ3v) is 2.42. The van der Waals surface area contributed by atoms with Gasteiger partial charge in [0.2, 0.25) is 0 Å². The summed E-state index contributed by atoms with van der Waals surface area (Å²) in [6.45, 7) is 0. The molecule has 0 bridgehead atoms. The zero-order valence-corrected chi connectivity index (χ0v) is 6.90. The molecule has 1 aliphatic rings. The highest BCUT2D eigenvalue weighted by molar-refractivity contribution is 5.55. The van der Waals surface area contributed by atoms with E-state index < -0.39 is 0 Å². The molecular formula is C10H12O2. The van der Waals surface area contributed by atoms with Gasteiger partial charge in [0, 0.05) is 12.3 Å². The minimum atomic E-state index is 0.191. The fourth-order valence-electron chi connectivity index (χ4n) is 1.51. The Balaban J connectivity index is 1.95. The predicted molar refractivity (Wildman–Crippen MR) is 44.7 cm³/mol. The second-order valence-electron chi connectivity index (χ2n) is 3.42. The number of hydrogen-bond acceptors (Lipinski definition) is 2. The highest BCUT2D eigenvalue weighted by Crippen LogP contribution is 2.37. The molecular weight excluding hydrogens is 152 g/mol. The summed E-state index contributed by atoms with van der Waals surface area (Å²) in [5, 5.41) is 0. The van der Waals surface area contributed by atoms with Crippen LogP contribution in [0.4, 0.5) is 0 Å². The van der Waals surface area contributed by atoms with Crippen LogP contribution in [0.2, 0.25) is 0 Å². The van der Waals surface area contributed by atoms with Gasteiger partial charge in [-0.3, -0.25) is 0 Å². The molecule has 1 saturated carbocycles. The summed E-state index contributed by atoms with van der Waals surface area (Å²) in [5.41, 5.74) is 0. The average Bonchev–Trinajstić information content (AvgIpc) is 2.80. The molecule has 0 N–H and O–H groups in total. The van der Waals surface area contributed by atoms with Gasteiger partial charge in [-0.25, -0.2) is 0 Å². The molecule has 1 atom stereocenters. The van der Waals surface area contributed by atoms with Crippen molar-refractivity contribution in [3.63, 3.8) is 0 Å². The van der Waals surface area contributed by atoms with Crippen LogP contribution in [0, 0.1) is 11.8 Å². The van der Waals surface area contributed by atoms with Crippen molar-refractivity contribution in [2.45, 2.75) is 19.3 Å². The lowest BCUT2D eigenvalue weighted by Gasteiger charge is -2.04. The first-order chi connectivity index (χ1) is 5.90. The minimum absolute atomic E-state index is 0.191. The van der Waals surface area contributed by atoms with Crippen LogP contribution in [0.15, 0.2) is 22.8 Å². The number of aldehydes is 1. The SMILES string of the molecule is O=CC(Cc1ccco1)C1CC1. The summed E-state index contributed by atoms with van der Waals surface area (Å²) in [7, 11) is 0. The third-order valence-electron chi connectivity index (χ3n) is 2.42. The highest BCUT2D eigenvalue weighted by atomic mass is 16.3. The monoisotopic (exact) mass is 164 g/mol. The Morgan fingerprint density at radius 3 is 3.00 bits per heavy atom. The van der Waals surface area contributed by atoms with Gasteiger partial charge in [0.25, 0.3) is 0 Å². The molecule has 1 aromatic heterocycles. The van der Waals surface area contributed by atoms with E-state index in [1.54, 1.807) is 6.26 Å². The van der Waals surface area contributed by atoms with E-state index in [0.29, 0.717) is 5.92 Å². The average molecular weight is 164 g/mol.